The van der Waals surface area contributed by atoms with Crippen LogP contribution in [0, 0.1) is 0 Å². The van der Waals surface area contributed by atoms with Gasteiger partial charge in [0.2, 0.25) is 0 Å². The van der Waals surface area contributed by atoms with Crippen LogP contribution in [0.5, 0.6) is 5.75 Å². The fourth-order valence-corrected chi connectivity index (χ4v) is 3.52. The van der Waals surface area contributed by atoms with Crippen molar-refractivity contribution in [3.63, 3.8) is 0 Å². The van der Waals surface area contributed by atoms with E-state index in [4.69, 9.17) is 9.47 Å². The van der Waals surface area contributed by atoms with Gasteiger partial charge in [0.1, 0.15) is 18.0 Å². The molecule has 112 valence electrons. The summed E-state index contributed by atoms with van der Waals surface area (Å²) in [7, 11) is 1.75. The molecule has 1 aromatic rings. The van der Waals surface area contributed by atoms with Crippen LogP contribution in [0.1, 0.15) is 45.2 Å². The molecule has 3 heteroatoms. The van der Waals surface area contributed by atoms with E-state index in [9.17, 15) is 0 Å². The summed E-state index contributed by atoms with van der Waals surface area (Å²) in [6, 6.07) is 6.56. The Balaban J connectivity index is 2.23. The second-order valence-corrected chi connectivity index (χ2v) is 7.72. The summed E-state index contributed by atoms with van der Waals surface area (Å²) >= 11 is 3.62. The lowest BCUT2D eigenvalue weighted by atomic mass is 9.84. The number of benzene rings is 1. The van der Waals surface area contributed by atoms with E-state index in [0.29, 0.717) is 4.83 Å². The molecule has 0 spiro atoms. The molecule has 20 heavy (non-hydrogen) atoms. The Morgan fingerprint density at radius 3 is 2.50 bits per heavy atom. The average molecular weight is 341 g/mol. The van der Waals surface area contributed by atoms with Crippen LogP contribution in [0.2, 0.25) is 0 Å². The summed E-state index contributed by atoms with van der Waals surface area (Å²) in [6.45, 7) is 8.88. The van der Waals surface area contributed by atoms with E-state index < -0.39 is 0 Å². The van der Waals surface area contributed by atoms with Crippen molar-refractivity contribution in [3.8, 4) is 5.75 Å². The van der Waals surface area contributed by atoms with Gasteiger partial charge in [0.25, 0.3) is 0 Å². The van der Waals surface area contributed by atoms with Crippen molar-refractivity contribution >= 4 is 15.9 Å². The second-order valence-electron chi connectivity index (χ2n) is 6.54. The Bertz CT molecular complexity index is 465. The van der Waals surface area contributed by atoms with Crippen molar-refractivity contribution < 1.29 is 9.47 Å². The summed E-state index contributed by atoms with van der Waals surface area (Å²) in [6.07, 6.45) is 2.35. The number of alkyl halides is 1. The largest absolute Gasteiger partial charge is 0.487 e. The third-order valence-corrected chi connectivity index (χ3v) is 4.89. The molecule has 2 rings (SSSR count). The van der Waals surface area contributed by atoms with E-state index in [0.717, 1.165) is 18.6 Å². The second kappa shape index (κ2) is 6.07. The van der Waals surface area contributed by atoms with E-state index >= 15 is 0 Å². The summed E-state index contributed by atoms with van der Waals surface area (Å²) in [5, 5.41) is 0. The van der Waals surface area contributed by atoms with Crippen LogP contribution < -0.4 is 4.74 Å². The van der Waals surface area contributed by atoms with E-state index in [1.807, 2.05) is 0 Å². The monoisotopic (exact) mass is 340 g/mol. The zero-order valence-corrected chi connectivity index (χ0v) is 14.7. The number of hydrogen-bond acceptors (Lipinski definition) is 2. The maximum atomic E-state index is 6.23. The molecule has 1 aliphatic carbocycles. The molecule has 0 bridgehead atoms. The van der Waals surface area contributed by atoms with Gasteiger partial charge in [0, 0.05) is 18.4 Å². The normalized spacial score (nSPS) is 26.2. The molecule has 3 unspecified atom stereocenters. The van der Waals surface area contributed by atoms with Gasteiger partial charge < -0.3 is 9.47 Å². The lowest BCUT2D eigenvalue weighted by Gasteiger charge is -2.41. The van der Waals surface area contributed by atoms with Crippen molar-refractivity contribution in [1.82, 2.24) is 0 Å². The minimum atomic E-state index is 0.0840. The Hall–Kier alpha value is -0.540. The molecule has 1 fully saturated rings. The van der Waals surface area contributed by atoms with Gasteiger partial charge in [0.15, 0.2) is 0 Å². The molecule has 0 aliphatic heterocycles. The number of rotatable bonds is 4. The molecule has 2 nitrogen and oxygen atoms in total. The van der Waals surface area contributed by atoms with E-state index in [1.54, 1.807) is 7.11 Å². The van der Waals surface area contributed by atoms with E-state index in [-0.39, 0.29) is 17.6 Å². The summed E-state index contributed by atoms with van der Waals surface area (Å²) < 4.78 is 11.7. The highest BCUT2D eigenvalue weighted by atomic mass is 79.9. The van der Waals surface area contributed by atoms with Crippen molar-refractivity contribution in [2.24, 2.45) is 0 Å². The molecule has 0 saturated heterocycles. The van der Waals surface area contributed by atoms with Crippen LogP contribution in [0.15, 0.2) is 18.2 Å². The third-order valence-electron chi connectivity index (χ3n) is 3.99. The van der Waals surface area contributed by atoms with Crippen molar-refractivity contribution in [1.29, 1.82) is 0 Å². The summed E-state index contributed by atoms with van der Waals surface area (Å²) in [5.41, 5.74) is 2.72. The molecule has 1 aliphatic rings. The highest BCUT2D eigenvalue weighted by Gasteiger charge is 2.42. The summed E-state index contributed by atoms with van der Waals surface area (Å²) in [4.78, 5) is 0.408. The first kappa shape index (κ1) is 15.8. The number of aryl methyl sites for hydroxylation is 1. The zero-order chi connectivity index (χ0) is 14.9. The van der Waals surface area contributed by atoms with Gasteiger partial charge >= 0.3 is 0 Å². The van der Waals surface area contributed by atoms with Crippen LogP contribution in [0.4, 0.5) is 0 Å². The summed E-state index contributed by atoms with van der Waals surface area (Å²) in [5.74, 6) is 1.00. The minimum Gasteiger partial charge on any atom is -0.487 e. The predicted molar refractivity (Wildman–Crippen MR) is 87.1 cm³/mol. The Morgan fingerprint density at radius 1 is 1.30 bits per heavy atom. The van der Waals surface area contributed by atoms with Gasteiger partial charge in [-0.05, 0) is 29.0 Å². The first-order valence-electron chi connectivity index (χ1n) is 7.33. The number of methoxy groups -OCH3 is 1. The lowest BCUT2D eigenvalue weighted by molar-refractivity contribution is -0.0550. The number of hydrogen-bond donors (Lipinski definition) is 0. The molecule has 0 aromatic heterocycles. The quantitative estimate of drug-likeness (QED) is 0.752. The molecule has 0 N–H and O–H groups in total. The van der Waals surface area contributed by atoms with Crippen LogP contribution in [0.25, 0.3) is 0 Å². The number of halogens is 1. The Labute approximate surface area is 131 Å². The maximum Gasteiger partial charge on any atom is 0.127 e. The van der Waals surface area contributed by atoms with Crippen molar-refractivity contribution in [3.05, 3.63) is 29.3 Å². The SMILES string of the molecule is CCc1ccc(OC2CC(Br)C2OC)c(C(C)(C)C)c1. The first-order valence-corrected chi connectivity index (χ1v) is 8.25. The van der Waals surface area contributed by atoms with Crippen LogP contribution >= 0.6 is 15.9 Å². The molecule has 0 radical (unpaired) electrons. The van der Waals surface area contributed by atoms with Gasteiger partial charge in [-0.1, -0.05) is 55.8 Å². The van der Waals surface area contributed by atoms with E-state index in [1.165, 1.54) is 11.1 Å². The van der Waals surface area contributed by atoms with Gasteiger partial charge in [-0.15, -0.1) is 0 Å². The van der Waals surface area contributed by atoms with Gasteiger partial charge in [-0.25, -0.2) is 0 Å². The molecule has 0 heterocycles. The molecule has 3 atom stereocenters. The smallest absolute Gasteiger partial charge is 0.127 e. The predicted octanol–water partition coefficient (Wildman–Crippen LogP) is 4.48. The van der Waals surface area contributed by atoms with Gasteiger partial charge in [-0.2, -0.15) is 0 Å². The minimum absolute atomic E-state index is 0.0840. The molecule has 0 amide bonds. The molecular formula is C17H25BrO2. The lowest BCUT2D eigenvalue weighted by Crippen LogP contribution is -2.52. The highest BCUT2D eigenvalue weighted by Crippen LogP contribution is 2.38. The standard InChI is InChI=1S/C17H25BrO2/c1-6-11-7-8-14(12(9-11)17(2,3)4)20-15-10-13(18)16(15)19-5/h7-9,13,15-16H,6,10H2,1-5H3. The maximum absolute atomic E-state index is 6.23. The number of ether oxygens (including phenoxy) is 2. The van der Waals surface area contributed by atoms with Crippen LogP contribution in [-0.2, 0) is 16.6 Å². The van der Waals surface area contributed by atoms with Gasteiger partial charge in [-0.3, -0.25) is 0 Å². The third kappa shape index (κ3) is 3.20. The van der Waals surface area contributed by atoms with Crippen LogP contribution in [-0.4, -0.2) is 24.1 Å². The fraction of sp³-hybridized carbons (Fsp3) is 0.647. The van der Waals surface area contributed by atoms with E-state index in [2.05, 4.69) is 61.8 Å². The van der Waals surface area contributed by atoms with Gasteiger partial charge in [0.05, 0.1) is 0 Å². The molecule has 1 saturated carbocycles. The van der Waals surface area contributed by atoms with Crippen molar-refractivity contribution in [2.45, 2.75) is 63.0 Å². The fourth-order valence-electron chi connectivity index (χ4n) is 2.59. The highest BCUT2D eigenvalue weighted by molar-refractivity contribution is 9.09. The Morgan fingerprint density at radius 2 is 2.00 bits per heavy atom. The van der Waals surface area contributed by atoms with Crippen molar-refractivity contribution in [2.75, 3.05) is 7.11 Å². The average Bonchev–Trinajstić information content (AvgIpc) is 2.37. The van der Waals surface area contributed by atoms with Crippen LogP contribution in [0.3, 0.4) is 0 Å². The topological polar surface area (TPSA) is 18.5 Å². The Kier molecular flexibility index (Phi) is 4.80. The molecule has 1 aromatic carbocycles. The first-order chi connectivity index (χ1) is 9.36. The zero-order valence-electron chi connectivity index (χ0n) is 13.1. The molecular weight excluding hydrogens is 316 g/mol.